The number of nitrogens with two attached hydrogens (primary N) is 1. The maximum atomic E-state index is 12.0. The highest BCUT2D eigenvalue weighted by molar-refractivity contribution is 5.85. The molecule has 21 heavy (non-hydrogen) atoms. The van der Waals surface area contributed by atoms with Gasteiger partial charge in [0.15, 0.2) is 0 Å². The van der Waals surface area contributed by atoms with Crippen molar-refractivity contribution in [2.75, 3.05) is 13.1 Å². The number of piperidine rings is 1. The molecule has 1 unspecified atom stereocenters. The van der Waals surface area contributed by atoms with Gasteiger partial charge in [-0.05, 0) is 19.3 Å². The Balaban J connectivity index is 2.49. The normalized spacial score (nSPS) is 17.1. The summed E-state index contributed by atoms with van der Waals surface area (Å²) in [5, 5.41) is 11.5. The van der Waals surface area contributed by atoms with Gasteiger partial charge in [0.25, 0.3) is 0 Å². The van der Waals surface area contributed by atoms with Gasteiger partial charge in [0.2, 0.25) is 17.7 Å². The fourth-order valence-electron chi connectivity index (χ4n) is 2.29. The molecule has 0 saturated carbocycles. The van der Waals surface area contributed by atoms with Crippen molar-refractivity contribution in [1.29, 1.82) is 0 Å². The fraction of sp³-hybridized carbons (Fsp3) is 0.692. The van der Waals surface area contributed by atoms with Crippen molar-refractivity contribution >= 4 is 23.7 Å². The van der Waals surface area contributed by atoms with E-state index >= 15 is 0 Å². The molecule has 0 radical (unpaired) electrons. The molecule has 0 aromatic carbocycles. The van der Waals surface area contributed by atoms with Gasteiger partial charge in [-0.25, -0.2) is 4.79 Å². The highest BCUT2D eigenvalue weighted by atomic mass is 16.4. The number of carboxylic acids is 1. The molecule has 0 spiro atoms. The van der Waals surface area contributed by atoms with Crippen LogP contribution >= 0.6 is 0 Å². The van der Waals surface area contributed by atoms with E-state index in [1.54, 1.807) is 4.90 Å². The first kappa shape index (κ1) is 16.9. The number of carbonyl (C=O) groups excluding carboxylic acids is 3. The van der Waals surface area contributed by atoms with Crippen molar-refractivity contribution in [3.63, 3.8) is 0 Å². The first-order valence-electron chi connectivity index (χ1n) is 6.88. The predicted molar refractivity (Wildman–Crippen MR) is 73.0 cm³/mol. The summed E-state index contributed by atoms with van der Waals surface area (Å²) in [6.07, 6.45) is 0.893. The molecule has 3 amide bonds. The quantitative estimate of drug-likeness (QED) is 0.584. The number of nitrogens with one attached hydrogen (secondary N) is 1. The predicted octanol–water partition coefficient (Wildman–Crippen LogP) is -0.920. The van der Waals surface area contributed by atoms with Crippen molar-refractivity contribution in [1.82, 2.24) is 10.2 Å². The van der Waals surface area contributed by atoms with Crippen LogP contribution in [0.25, 0.3) is 0 Å². The number of hydrogen-bond donors (Lipinski definition) is 3. The number of aliphatic carboxylic acids is 1. The van der Waals surface area contributed by atoms with Crippen molar-refractivity contribution in [3.8, 4) is 0 Å². The Hall–Kier alpha value is -2.12. The van der Waals surface area contributed by atoms with Gasteiger partial charge < -0.3 is 21.1 Å². The monoisotopic (exact) mass is 299 g/mol. The lowest BCUT2D eigenvalue weighted by molar-refractivity contribution is -0.143. The minimum absolute atomic E-state index is 0.0251. The molecule has 4 N–H and O–H groups in total. The van der Waals surface area contributed by atoms with Crippen LogP contribution in [0.5, 0.6) is 0 Å². The van der Waals surface area contributed by atoms with Crippen molar-refractivity contribution in [3.05, 3.63) is 0 Å². The van der Waals surface area contributed by atoms with Gasteiger partial charge in [0.05, 0.1) is 0 Å². The molecular weight excluding hydrogens is 278 g/mol. The van der Waals surface area contributed by atoms with E-state index in [0.29, 0.717) is 25.9 Å². The van der Waals surface area contributed by atoms with Gasteiger partial charge in [-0.15, -0.1) is 0 Å². The fourth-order valence-corrected chi connectivity index (χ4v) is 2.29. The maximum Gasteiger partial charge on any atom is 0.326 e. The third-order valence-corrected chi connectivity index (χ3v) is 3.61. The summed E-state index contributed by atoms with van der Waals surface area (Å²) in [4.78, 5) is 46.6. The molecule has 0 aromatic heterocycles. The number of amides is 3. The summed E-state index contributed by atoms with van der Waals surface area (Å²) in [7, 11) is 0. The number of primary amides is 1. The second kappa shape index (κ2) is 7.61. The van der Waals surface area contributed by atoms with Crippen LogP contribution in [0.1, 0.15) is 32.6 Å². The van der Waals surface area contributed by atoms with Crippen LogP contribution < -0.4 is 11.1 Å². The van der Waals surface area contributed by atoms with Crippen LogP contribution in [-0.2, 0) is 19.2 Å². The zero-order valence-corrected chi connectivity index (χ0v) is 12.0. The Kier molecular flexibility index (Phi) is 6.13. The average molecular weight is 299 g/mol. The van der Waals surface area contributed by atoms with E-state index in [4.69, 9.17) is 10.8 Å². The number of likely N-dealkylation sites (tertiary alicyclic amines) is 1. The first-order chi connectivity index (χ1) is 9.81. The van der Waals surface area contributed by atoms with Gasteiger partial charge in [0, 0.05) is 32.4 Å². The van der Waals surface area contributed by atoms with E-state index in [1.807, 2.05) is 0 Å². The van der Waals surface area contributed by atoms with Crippen LogP contribution in [0.4, 0.5) is 0 Å². The van der Waals surface area contributed by atoms with Crippen LogP contribution in [0.3, 0.4) is 0 Å². The molecule has 1 aliphatic rings. The minimum atomic E-state index is -1.19. The minimum Gasteiger partial charge on any atom is -0.480 e. The molecule has 0 aliphatic carbocycles. The summed E-state index contributed by atoms with van der Waals surface area (Å²) >= 11 is 0. The summed E-state index contributed by atoms with van der Waals surface area (Å²) in [6, 6.07) is -1.11. The zero-order valence-electron chi connectivity index (χ0n) is 12.0. The summed E-state index contributed by atoms with van der Waals surface area (Å²) in [6.45, 7) is 2.46. The lowest BCUT2D eigenvalue weighted by Gasteiger charge is -2.31. The summed E-state index contributed by atoms with van der Waals surface area (Å²) < 4.78 is 0. The van der Waals surface area contributed by atoms with Crippen LogP contribution in [-0.4, -0.2) is 52.8 Å². The van der Waals surface area contributed by atoms with E-state index in [-0.39, 0.29) is 30.6 Å². The van der Waals surface area contributed by atoms with E-state index < -0.39 is 17.9 Å². The maximum absolute atomic E-state index is 12.0. The lowest BCUT2D eigenvalue weighted by atomic mass is 9.95. The molecule has 118 valence electrons. The molecule has 8 nitrogen and oxygen atoms in total. The van der Waals surface area contributed by atoms with Gasteiger partial charge in [0.1, 0.15) is 6.04 Å². The molecule has 8 heteroatoms. The van der Waals surface area contributed by atoms with Crippen LogP contribution in [0.15, 0.2) is 0 Å². The average Bonchev–Trinajstić information content (AvgIpc) is 2.42. The van der Waals surface area contributed by atoms with Crippen LogP contribution in [0.2, 0.25) is 0 Å². The van der Waals surface area contributed by atoms with E-state index in [1.165, 1.54) is 6.92 Å². The number of rotatable bonds is 6. The highest BCUT2D eigenvalue weighted by Gasteiger charge is 2.29. The van der Waals surface area contributed by atoms with Gasteiger partial charge >= 0.3 is 5.97 Å². The highest BCUT2D eigenvalue weighted by Crippen LogP contribution is 2.17. The molecule has 1 saturated heterocycles. The van der Waals surface area contributed by atoms with E-state index in [9.17, 15) is 19.2 Å². The molecule has 0 bridgehead atoms. The number of nitrogens with zero attached hydrogens (tertiary/aromatic N) is 1. The number of carbonyl (C=O) groups is 4. The second-order valence-electron chi connectivity index (χ2n) is 5.18. The summed E-state index contributed by atoms with van der Waals surface area (Å²) in [5.41, 5.74) is 4.98. The smallest absolute Gasteiger partial charge is 0.326 e. The SMILES string of the molecule is CC(=O)N1CCC(C(=O)NC(CCC(N)=O)C(=O)O)CC1. The summed E-state index contributed by atoms with van der Waals surface area (Å²) in [5.74, 6) is -2.49. The van der Waals surface area contributed by atoms with Crippen molar-refractivity contribution < 1.29 is 24.3 Å². The molecule has 1 rings (SSSR count). The molecule has 1 atom stereocenters. The van der Waals surface area contributed by atoms with Crippen molar-refractivity contribution in [2.45, 2.75) is 38.6 Å². The zero-order chi connectivity index (χ0) is 16.0. The topological polar surface area (TPSA) is 130 Å². The standard InChI is InChI=1S/C13H21N3O5/c1-8(17)16-6-4-9(5-7-16)12(19)15-10(13(20)21)2-3-11(14)18/h9-10H,2-7H2,1H3,(H2,14,18)(H,15,19)(H,20,21). The molecule has 1 fully saturated rings. The Morgan fingerprint density at radius 2 is 1.86 bits per heavy atom. The van der Waals surface area contributed by atoms with Crippen molar-refractivity contribution in [2.24, 2.45) is 11.7 Å². The Morgan fingerprint density at radius 1 is 1.29 bits per heavy atom. The third kappa shape index (κ3) is 5.41. The van der Waals surface area contributed by atoms with Gasteiger partial charge in [-0.2, -0.15) is 0 Å². The Bertz CT molecular complexity index is 430. The molecular formula is C13H21N3O5. The number of carboxylic acid groups (broad SMARTS) is 1. The lowest BCUT2D eigenvalue weighted by Crippen LogP contribution is -2.47. The molecule has 1 heterocycles. The van der Waals surface area contributed by atoms with E-state index in [0.717, 1.165) is 0 Å². The first-order valence-corrected chi connectivity index (χ1v) is 6.88. The molecule has 1 aliphatic heterocycles. The van der Waals surface area contributed by atoms with Gasteiger partial charge in [-0.1, -0.05) is 0 Å². The van der Waals surface area contributed by atoms with Gasteiger partial charge in [-0.3, -0.25) is 14.4 Å². The van der Waals surface area contributed by atoms with E-state index in [2.05, 4.69) is 5.32 Å². The Morgan fingerprint density at radius 3 is 2.29 bits per heavy atom. The molecule has 0 aromatic rings. The Labute approximate surface area is 122 Å². The largest absolute Gasteiger partial charge is 0.480 e. The van der Waals surface area contributed by atoms with Crippen LogP contribution in [0, 0.1) is 5.92 Å². The third-order valence-electron chi connectivity index (χ3n) is 3.61. The number of hydrogen-bond acceptors (Lipinski definition) is 4. The second-order valence-corrected chi connectivity index (χ2v) is 5.18.